The number of nitrogen functional groups attached to an aromatic ring is 1. The van der Waals surface area contributed by atoms with Gasteiger partial charge in [-0.15, -0.1) is 0 Å². The maximum absolute atomic E-state index is 5.47. The first-order chi connectivity index (χ1) is 8.72. The Bertz CT molecular complexity index is 409. The molecule has 0 aromatic carbocycles. The van der Waals surface area contributed by atoms with Gasteiger partial charge in [0.05, 0.1) is 0 Å². The number of aromatic nitrogens is 2. The average Bonchev–Trinajstić information content (AvgIpc) is 2.25. The van der Waals surface area contributed by atoms with E-state index in [0.29, 0.717) is 17.8 Å². The van der Waals surface area contributed by atoms with Crippen LogP contribution in [0.4, 0.5) is 11.6 Å². The lowest BCUT2D eigenvalue weighted by atomic mass is 9.96. The Kier molecular flexibility index (Phi) is 5.11. The van der Waals surface area contributed by atoms with Crippen molar-refractivity contribution >= 4 is 11.6 Å². The molecule has 1 aromatic heterocycles. The maximum atomic E-state index is 5.47. The lowest BCUT2D eigenvalue weighted by Gasteiger charge is -2.21. The van der Waals surface area contributed by atoms with E-state index >= 15 is 0 Å². The molecule has 4 N–H and O–H groups in total. The third-order valence-electron chi connectivity index (χ3n) is 2.76. The van der Waals surface area contributed by atoms with Crippen LogP contribution in [0.5, 0.6) is 0 Å². The number of nitrogens with two attached hydrogens (primary N) is 1. The molecule has 1 rings (SSSR count). The van der Waals surface area contributed by atoms with Crippen LogP contribution in [-0.4, -0.2) is 16.0 Å². The summed E-state index contributed by atoms with van der Waals surface area (Å²) in [5, 5.41) is 3.41. The Morgan fingerprint density at radius 3 is 2.21 bits per heavy atom. The number of hydrazine groups is 1. The minimum Gasteiger partial charge on any atom is -0.367 e. The van der Waals surface area contributed by atoms with Gasteiger partial charge in [0.2, 0.25) is 0 Å². The fraction of sp³-hybridized carbons (Fsp3) is 0.714. The molecule has 0 amide bonds. The number of nitrogens with zero attached hydrogens (tertiary/aromatic N) is 2. The monoisotopic (exact) mass is 265 g/mol. The molecule has 0 fully saturated rings. The van der Waals surface area contributed by atoms with Crippen molar-refractivity contribution in [3.63, 3.8) is 0 Å². The molecule has 5 nitrogen and oxygen atoms in total. The second-order valence-electron chi connectivity index (χ2n) is 6.53. The first-order valence-corrected chi connectivity index (χ1v) is 6.85. The van der Waals surface area contributed by atoms with Gasteiger partial charge in [-0.2, -0.15) is 0 Å². The van der Waals surface area contributed by atoms with Crippen molar-refractivity contribution in [2.24, 2.45) is 11.8 Å². The Hall–Kier alpha value is -1.36. The summed E-state index contributed by atoms with van der Waals surface area (Å²) in [4.78, 5) is 8.99. The van der Waals surface area contributed by atoms with Gasteiger partial charge in [0.1, 0.15) is 17.5 Å². The highest BCUT2D eigenvalue weighted by atomic mass is 15.3. The molecule has 1 aromatic rings. The molecule has 19 heavy (non-hydrogen) atoms. The van der Waals surface area contributed by atoms with Gasteiger partial charge >= 0.3 is 0 Å². The van der Waals surface area contributed by atoms with Crippen molar-refractivity contribution in [3.05, 3.63) is 11.9 Å². The summed E-state index contributed by atoms with van der Waals surface area (Å²) in [5.41, 5.74) is 2.50. The van der Waals surface area contributed by atoms with E-state index in [2.05, 4.69) is 62.3 Å². The lowest BCUT2D eigenvalue weighted by Crippen LogP contribution is -2.23. The lowest BCUT2D eigenvalue weighted by molar-refractivity contribution is 0.532. The van der Waals surface area contributed by atoms with Gasteiger partial charge in [-0.1, -0.05) is 34.6 Å². The van der Waals surface area contributed by atoms with E-state index < -0.39 is 0 Å². The first kappa shape index (κ1) is 15.7. The molecule has 0 radical (unpaired) electrons. The van der Waals surface area contributed by atoms with Crippen LogP contribution in [0.1, 0.15) is 53.8 Å². The van der Waals surface area contributed by atoms with Crippen LogP contribution in [0.3, 0.4) is 0 Å². The Balaban J connectivity index is 2.94. The number of hydrogen-bond donors (Lipinski definition) is 3. The smallest absolute Gasteiger partial charge is 0.145 e. The fourth-order valence-electron chi connectivity index (χ4n) is 1.95. The summed E-state index contributed by atoms with van der Waals surface area (Å²) < 4.78 is 0. The standard InChI is InChI=1S/C14H27N5/c1-9(2)7-10(3)16-11-8-12(19-15)18-13(17-11)14(4,5)6/h8-10H,7,15H2,1-6H3,(H2,16,17,18,19). The molecule has 0 bridgehead atoms. The molecular weight excluding hydrogens is 238 g/mol. The molecule has 0 aliphatic carbocycles. The third-order valence-corrected chi connectivity index (χ3v) is 2.76. The van der Waals surface area contributed by atoms with Crippen LogP contribution in [0.2, 0.25) is 0 Å². The summed E-state index contributed by atoms with van der Waals surface area (Å²) >= 11 is 0. The van der Waals surface area contributed by atoms with E-state index in [-0.39, 0.29) is 5.41 Å². The minimum absolute atomic E-state index is 0.107. The summed E-state index contributed by atoms with van der Waals surface area (Å²) in [6, 6.07) is 2.21. The van der Waals surface area contributed by atoms with Crippen LogP contribution in [0.15, 0.2) is 6.07 Å². The Morgan fingerprint density at radius 1 is 1.16 bits per heavy atom. The zero-order valence-corrected chi connectivity index (χ0v) is 12.9. The van der Waals surface area contributed by atoms with E-state index in [9.17, 15) is 0 Å². The summed E-state index contributed by atoms with van der Waals surface area (Å²) in [7, 11) is 0. The molecule has 1 atom stereocenters. The molecular formula is C14H27N5. The van der Waals surface area contributed by atoms with Gasteiger partial charge in [0.25, 0.3) is 0 Å². The van der Waals surface area contributed by atoms with E-state index in [4.69, 9.17) is 5.84 Å². The number of hydrogen-bond acceptors (Lipinski definition) is 5. The van der Waals surface area contributed by atoms with E-state index in [0.717, 1.165) is 18.1 Å². The van der Waals surface area contributed by atoms with Gasteiger partial charge in [-0.25, -0.2) is 15.8 Å². The average molecular weight is 265 g/mol. The number of anilines is 2. The molecule has 0 spiro atoms. The highest BCUT2D eigenvalue weighted by Gasteiger charge is 2.19. The summed E-state index contributed by atoms with van der Waals surface area (Å²) in [6.45, 7) is 12.9. The van der Waals surface area contributed by atoms with Gasteiger partial charge in [-0.05, 0) is 19.3 Å². The molecule has 0 saturated heterocycles. The quantitative estimate of drug-likeness (QED) is 0.564. The first-order valence-electron chi connectivity index (χ1n) is 6.85. The molecule has 0 aliphatic heterocycles. The van der Waals surface area contributed by atoms with Crippen LogP contribution >= 0.6 is 0 Å². The van der Waals surface area contributed by atoms with E-state index in [1.54, 1.807) is 0 Å². The van der Waals surface area contributed by atoms with Crippen molar-refractivity contribution in [2.75, 3.05) is 10.7 Å². The predicted octanol–water partition coefficient (Wildman–Crippen LogP) is 2.91. The number of nitrogens with one attached hydrogen (secondary N) is 2. The van der Waals surface area contributed by atoms with Gasteiger partial charge in [0.15, 0.2) is 0 Å². The predicted molar refractivity (Wildman–Crippen MR) is 81.1 cm³/mol. The molecule has 0 saturated carbocycles. The molecule has 108 valence electrons. The number of rotatable bonds is 5. The van der Waals surface area contributed by atoms with Crippen LogP contribution in [0, 0.1) is 5.92 Å². The van der Waals surface area contributed by atoms with Gasteiger partial charge in [-0.3, -0.25) is 0 Å². The SMILES string of the molecule is CC(C)CC(C)Nc1cc(NN)nc(C(C)(C)C)n1. The highest BCUT2D eigenvalue weighted by Crippen LogP contribution is 2.22. The van der Waals surface area contributed by atoms with Crippen molar-refractivity contribution < 1.29 is 0 Å². The normalized spacial score (nSPS) is 13.5. The van der Waals surface area contributed by atoms with Crippen LogP contribution < -0.4 is 16.6 Å². The maximum Gasteiger partial charge on any atom is 0.145 e. The van der Waals surface area contributed by atoms with Gasteiger partial charge < -0.3 is 10.7 Å². The van der Waals surface area contributed by atoms with Crippen molar-refractivity contribution in [1.29, 1.82) is 0 Å². The van der Waals surface area contributed by atoms with E-state index in [1.165, 1.54) is 0 Å². The summed E-state index contributed by atoms with van der Waals surface area (Å²) in [5.74, 6) is 8.36. The Morgan fingerprint density at radius 2 is 1.74 bits per heavy atom. The zero-order chi connectivity index (χ0) is 14.6. The molecule has 1 unspecified atom stereocenters. The van der Waals surface area contributed by atoms with E-state index in [1.807, 2.05) is 6.07 Å². The second kappa shape index (κ2) is 6.19. The summed E-state index contributed by atoms with van der Waals surface area (Å²) in [6.07, 6.45) is 1.10. The second-order valence-corrected chi connectivity index (χ2v) is 6.53. The molecule has 5 heteroatoms. The van der Waals surface area contributed by atoms with Crippen molar-refractivity contribution in [2.45, 2.75) is 59.4 Å². The highest BCUT2D eigenvalue weighted by molar-refractivity contribution is 5.48. The van der Waals surface area contributed by atoms with Crippen molar-refractivity contribution in [1.82, 2.24) is 9.97 Å². The topological polar surface area (TPSA) is 75.9 Å². The Labute approximate surface area is 116 Å². The minimum atomic E-state index is -0.107. The van der Waals surface area contributed by atoms with Crippen LogP contribution in [-0.2, 0) is 5.41 Å². The van der Waals surface area contributed by atoms with Crippen molar-refractivity contribution in [3.8, 4) is 0 Å². The third kappa shape index (κ3) is 5.03. The fourth-order valence-corrected chi connectivity index (χ4v) is 1.95. The van der Waals surface area contributed by atoms with Crippen LogP contribution in [0.25, 0.3) is 0 Å². The largest absolute Gasteiger partial charge is 0.367 e. The molecule has 0 aliphatic rings. The zero-order valence-electron chi connectivity index (χ0n) is 12.9. The van der Waals surface area contributed by atoms with Gasteiger partial charge in [0, 0.05) is 17.5 Å². The molecule has 1 heterocycles.